The van der Waals surface area contributed by atoms with Gasteiger partial charge in [0, 0.05) is 17.3 Å². The van der Waals surface area contributed by atoms with Crippen LogP contribution >= 0.6 is 0 Å². The highest BCUT2D eigenvalue weighted by Gasteiger charge is 2.10. The molecule has 0 amide bonds. The van der Waals surface area contributed by atoms with E-state index in [1.807, 2.05) is 6.92 Å². The standard InChI is InChI=1S/C10H15FN2O/c1-7-5-8(9(11)3-4-12)6-13-10(7)14-2/h5-6,9H,3-4,12H2,1-2H3. The first-order valence-electron chi connectivity index (χ1n) is 4.53. The molecule has 1 rings (SSSR count). The summed E-state index contributed by atoms with van der Waals surface area (Å²) in [5.74, 6) is 0.536. The largest absolute Gasteiger partial charge is 0.481 e. The minimum atomic E-state index is -1.03. The van der Waals surface area contributed by atoms with Gasteiger partial charge in [-0.1, -0.05) is 0 Å². The van der Waals surface area contributed by atoms with Crippen molar-refractivity contribution < 1.29 is 9.13 Å². The van der Waals surface area contributed by atoms with Crippen molar-refractivity contribution in [1.29, 1.82) is 0 Å². The van der Waals surface area contributed by atoms with Gasteiger partial charge in [0.15, 0.2) is 0 Å². The summed E-state index contributed by atoms with van der Waals surface area (Å²) in [6.07, 6.45) is 0.789. The van der Waals surface area contributed by atoms with Crippen molar-refractivity contribution in [3.63, 3.8) is 0 Å². The Morgan fingerprint density at radius 1 is 1.64 bits per heavy atom. The summed E-state index contributed by atoms with van der Waals surface area (Å²) >= 11 is 0. The van der Waals surface area contributed by atoms with Crippen molar-refractivity contribution in [2.24, 2.45) is 5.73 Å². The van der Waals surface area contributed by atoms with E-state index >= 15 is 0 Å². The first-order valence-corrected chi connectivity index (χ1v) is 4.53. The molecule has 1 aromatic heterocycles. The molecule has 0 aromatic carbocycles. The zero-order valence-corrected chi connectivity index (χ0v) is 8.46. The van der Waals surface area contributed by atoms with Crippen LogP contribution in [0, 0.1) is 6.92 Å². The van der Waals surface area contributed by atoms with Crippen molar-refractivity contribution in [1.82, 2.24) is 4.98 Å². The van der Waals surface area contributed by atoms with Crippen LogP contribution in [0.4, 0.5) is 4.39 Å². The molecule has 1 unspecified atom stereocenters. The van der Waals surface area contributed by atoms with Crippen LogP contribution in [-0.4, -0.2) is 18.6 Å². The molecule has 4 heteroatoms. The van der Waals surface area contributed by atoms with E-state index in [-0.39, 0.29) is 0 Å². The molecule has 0 saturated heterocycles. The van der Waals surface area contributed by atoms with Crippen LogP contribution in [0.25, 0.3) is 0 Å². The van der Waals surface area contributed by atoms with Crippen LogP contribution in [0.3, 0.4) is 0 Å². The number of alkyl halides is 1. The van der Waals surface area contributed by atoms with E-state index < -0.39 is 6.17 Å². The van der Waals surface area contributed by atoms with E-state index in [2.05, 4.69) is 4.98 Å². The maximum atomic E-state index is 13.4. The molecule has 2 N–H and O–H groups in total. The average molecular weight is 198 g/mol. The van der Waals surface area contributed by atoms with Crippen LogP contribution in [0.2, 0.25) is 0 Å². The first-order chi connectivity index (χ1) is 6.69. The number of methoxy groups -OCH3 is 1. The Balaban J connectivity index is 2.85. The van der Waals surface area contributed by atoms with Gasteiger partial charge in [-0.05, 0) is 26.0 Å². The number of nitrogens with two attached hydrogens (primary N) is 1. The molecule has 0 fully saturated rings. The Kier molecular flexibility index (Phi) is 3.83. The van der Waals surface area contributed by atoms with Crippen LogP contribution in [0.5, 0.6) is 5.88 Å². The number of hydrogen-bond donors (Lipinski definition) is 1. The minimum Gasteiger partial charge on any atom is -0.481 e. The molecule has 0 aliphatic rings. The molecule has 0 spiro atoms. The number of aromatic nitrogens is 1. The van der Waals surface area contributed by atoms with E-state index in [4.69, 9.17) is 10.5 Å². The molecule has 0 aliphatic carbocycles. The third-order valence-electron chi connectivity index (χ3n) is 2.03. The van der Waals surface area contributed by atoms with Gasteiger partial charge in [0.1, 0.15) is 6.17 Å². The fraction of sp³-hybridized carbons (Fsp3) is 0.500. The number of halogens is 1. The van der Waals surface area contributed by atoms with Gasteiger partial charge in [0.05, 0.1) is 7.11 Å². The van der Waals surface area contributed by atoms with Gasteiger partial charge in [-0.3, -0.25) is 0 Å². The number of hydrogen-bond acceptors (Lipinski definition) is 3. The summed E-state index contributed by atoms with van der Waals surface area (Å²) in [7, 11) is 1.54. The first kappa shape index (κ1) is 10.9. The number of rotatable bonds is 4. The van der Waals surface area contributed by atoms with Crippen LogP contribution in [0.1, 0.15) is 23.7 Å². The molecule has 1 aromatic rings. The maximum Gasteiger partial charge on any atom is 0.215 e. The highest BCUT2D eigenvalue weighted by atomic mass is 19.1. The predicted molar refractivity (Wildman–Crippen MR) is 53.0 cm³/mol. The van der Waals surface area contributed by atoms with Crippen molar-refractivity contribution >= 4 is 0 Å². The third-order valence-corrected chi connectivity index (χ3v) is 2.03. The smallest absolute Gasteiger partial charge is 0.215 e. The lowest BCUT2D eigenvalue weighted by atomic mass is 10.1. The zero-order valence-electron chi connectivity index (χ0n) is 8.46. The fourth-order valence-corrected chi connectivity index (χ4v) is 1.28. The summed E-state index contributed by atoms with van der Waals surface area (Å²) in [5.41, 5.74) is 6.68. The molecule has 78 valence electrons. The second-order valence-electron chi connectivity index (χ2n) is 3.14. The topological polar surface area (TPSA) is 48.1 Å². The summed E-state index contributed by atoms with van der Waals surface area (Å²) in [6.45, 7) is 2.18. The number of ether oxygens (including phenoxy) is 1. The highest BCUT2D eigenvalue weighted by Crippen LogP contribution is 2.23. The number of pyridine rings is 1. The van der Waals surface area contributed by atoms with Crippen LogP contribution in [0.15, 0.2) is 12.3 Å². The molecule has 0 aliphatic heterocycles. The van der Waals surface area contributed by atoms with Gasteiger partial charge in [0.25, 0.3) is 0 Å². The average Bonchev–Trinajstić information content (AvgIpc) is 2.18. The summed E-state index contributed by atoms with van der Waals surface area (Å²) in [5, 5.41) is 0. The molecule has 0 saturated carbocycles. The summed E-state index contributed by atoms with van der Waals surface area (Å²) < 4.78 is 18.4. The third kappa shape index (κ3) is 2.42. The second kappa shape index (κ2) is 4.91. The second-order valence-corrected chi connectivity index (χ2v) is 3.14. The molecule has 14 heavy (non-hydrogen) atoms. The lowest BCUT2D eigenvalue weighted by molar-refractivity contribution is 0.325. The van der Waals surface area contributed by atoms with Gasteiger partial charge in [-0.25, -0.2) is 9.37 Å². The van der Waals surface area contributed by atoms with Crippen molar-refractivity contribution in [2.75, 3.05) is 13.7 Å². The van der Waals surface area contributed by atoms with Crippen molar-refractivity contribution in [2.45, 2.75) is 19.5 Å². The van der Waals surface area contributed by atoms with Gasteiger partial charge < -0.3 is 10.5 Å². The van der Waals surface area contributed by atoms with Crippen LogP contribution in [-0.2, 0) is 0 Å². The molecular weight excluding hydrogens is 183 g/mol. The van der Waals surface area contributed by atoms with Gasteiger partial charge in [-0.2, -0.15) is 0 Å². The van der Waals surface area contributed by atoms with Crippen molar-refractivity contribution in [3.05, 3.63) is 23.4 Å². The molecule has 0 radical (unpaired) electrons. The van der Waals surface area contributed by atoms with E-state index in [1.165, 1.54) is 6.20 Å². The van der Waals surface area contributed by atoms with Gasteiger partial charge in [0.2, 0.25) is 5.88 Å². The molecule has 3 nitrogen and oxygen atoms in total. The molecule has 1 heterocycles. The lowest BCUT2D eigenvalue weighted by Crippen LogP contribution is -2.04. The van der Waals surface area contributed by atoms with E-state index in [0.29, 0.717) is 24.4 Å². The summed E-state index contributed by atoms with van der Waals surface area (Å²) in [4.78, 5) is 4.00. The zero-order chi connectivity index (χ0) is 10.6. The number of nitrogens with zero attached hydrogens (tertiary/aromatic N) is 1. The Morgan fingerprint density at radius 3 is 2.86 bits per heavy atom. The molecule has 1 atom stereocenters. The SMILES string of the molecule is COc1ncc(C(F)CCN)cc1C. The van der Waals surface area contributed by atoms with E-state index in [9.17, 15) is 4.39 Å². The highest BCUT2D eigenvalue weighted by molar-refractivity contribution is 5.29. The Morgan fingerprint density at radius 2 is 2.36 bits per heavy atom. The Labute approximate surface area is 83.1 Å². The van der Waals surface area contributed by atoms with E-state index in [1.54, 1.807) is 13.2 Å². The van der Waals surface area contributed by atoms with Crippen molar-refractivity contribution in [3.8, 4) is 5.88 Å². The van der Waals surface area contributed by atoms with Crippen LogP contribution < -0.4 is 10.5 Å². The monoisotopic (exact) mass is 198 g/mol. The maximum absolute atomic E-state index is 13.4. The predicted octanol–water partition coefficient (Wildman–Crippen LogP) is 1.76. The van der Waals surface area contributed by atoms with E-state index in [0.717, 1.165) is 5.56 Å². The Hall–Kier alpha value is -1.16. The fourth-order valence-electron chi connectivity index (χ4n) is 1.28. The van der Waals surface area contributed by atoms with Gasteiger partial charge >= 0.3 is 0 Å². The quantitative estimate of drug-likeness (QED) is 0.801. The Bertz CT molecular complexity index is 304. The number of aryl methyl sites for hydroxylation is 1. The summed E-state index contributed by atoms with van der Waals surface area (Å²) in [6, 6.07) is 1.74. The molecule has 0 bridgehead atoms. The minimum absolute atomic E-state index is 0.327. The normalized spacial score (nSPS) is 12.6. The van der Waals surface area contributed by atoms with Gasteiger partial charge in [-0.15, -0.1) is 0 Å². The lowest BCUT2D eigenvalue weighted by Gasteiger charge is -2.09. The molecular formula is C10H15FN2O.